The maximum atomic E-state index is 12.2. The molecule has 5 nitrogen and oxygen atoms in total. The highest BCUT2D eigenvalue weighted by Gasteiger charge is 2.27. The Balaban J connectivity index is 2.09. The van der Waals surface area contributed by atoms with Crippen molar-refractivity contribution in [3.63, 3.8) is 0 Å². The molecule has 0 spiro atoms. The van der Waals surface area contributed by atoms with Crippen molar-refractivity contribution in [1.82, 2.24) is 14.9 Å². The van der Waals surface area contributed by atoms with Gasteiger partial charge in [0.2, 0.25) is 0 Å². The number of anilines is 1. The molecule has 17 heavy (non-hydrogen) atoms. The van der Waals surface area contributed by atoms with Gasteiger partial charge in [0.25, 0.3) is 5.91 Å². The summed E-state index contributed by atoms with van der Waals surface area (Å²) in [6, 6.07) is 0. The Kier molecular flexibility index (Phi) is 3.56. The fraction of sp³-hybridized carbons (Fsp3) is 0.583. The van der Waals surface area contributed by atoms with E-state index in [0.717, 1.165) is 13.1 Å². The summed E-state index contributed by atoms with van der Waals surface area (Å²) >= 11 is 0. The van der Waals surface area contributed by atoms with Crippen molar-refractivity contribution < 1.29 is 4.79 Å². The molecule has 1 saturated carbocycles. The maximum absolute atomic E-state index is 12.2. The summed E-state index contributed by atoms with van der Waals surface area (Å²) in [5.41, 5.74) is 0.416. The van der Waals surface area contributed by atoms with Crippen LogP contribution in [-0.2, 0) is 0 Å². The van der Waals surface area contributed by atoms with E-state index in [-0.39, 0.29) is 5.91 Å². The fourth-order valence-electron chi connectivity index (χ4n) is 1.72. The van der Waals surface area contributed by atoms with Gasteiger partial charge in [-0.1, -0.05) is 0 Å². The van der Waals surface area contributed by atoms with Crippen LogP contribution in [0.5, 0.6) is 0 Å². The summed E-state index contributed by atoms with van der Waals surface area (Å²) in [5, 5.41) is 2.89. The topological polar surface area (TPSA) is 58.1 Å². The summed E-state index contributed by atoms with van der Waals surface area (Å²) in [4.78, 5) is 22.3. The van der Waals surface area contributed by atoms with Crippen LogP contribution in [0.2, 0.25) is 0 Å². The Labute approximate surface area is 101 Å². The van der Waals surface area contributed by atoms with Crippen LogP contribution in [0, 0.1) is 5.92 Å². The van der Waals surface area contributed by atoms with Crippen molar-refractivity contribution in [3.8, 4) is 0 Å². The number of nitrogens with zero attached hydrogens (tertiary/aromatic N) is 3. The van der Waals surface area contributed by atoms with Gasteiger partial charge in [-0.15, -0.1) is 0 Å². The summed E-state index contributed by atoms with van der Waals surface area (Å²) in [6.07, 6.45) is 5.62. The molecule has 1 aromatic heterocycles. The van der Waals surface area contributed by atoms with Crippen LogP contribution < -0.4 is 5.32 Å². The Morgan fingerprint density at radius 1 is 1.53 bits per heavy atom. The van der Waals surface area contributed by atoms with Crippen LogP contribution in [-0.4, -0.2) is 40.9 Å². The zero-order valence-corrected chi connectivity index (χ0v) is 10.3. The first-order valence-electron chi connectivity index (χ1n) is 6.03. The third-order valence-corrected chi connectivity index (χ3v) is 2.95. The van der Waals surface area contributed by atoms with E-state index in [2.05, 4.69) is 15.3 Å². The van der Waals surface area contributed by atoms with Crippen LogP contribution in [0.1, 0.15) is 30.3 Å². The number of nitrogens with one attached hydrogen (secondary N) is 1. The second-order valence-corrected chi connectivity index (χ2v) is 4.33. The van der Waals surface area contributed by atoms with Crippen LogP contribution in [0.3, 0.4) is 0 Å². The highest BCUT2D eigenvalue weighted by Crippen LogP contribution is 2.29. The van der Waals surface area contributed by atoms with Crippen LogP contribution >= 0.6 is 0 Å². The minimum atomic E-state index is -0.0241. The molecule has 5 heteroatoms. The molecule has 0 radical (unpaired) electrons. The van der Waals surface area contributed by atoms with Crippen molar-refractivity contribution in [2.75, 3.05) is 25.5 Å². The number of hydrogen-bond acceptors (Lipinski definition) is 4. The Bertz CT molecular complexity index is 403. The van der Waals surface area contributed by atoms with Gasteiger partial charge in [-0.3, -0.25) is 9.78 Å². The molecule has 1 fully saturated rings. The van der Waals surface area contributed by atoms with Gasteiger partial charge >= 0.3 is 0 Å². The first-order chi connectivity index (χ1) is 8.24. The molecule has 0 saturated heterocycles. The highest BCUT2D eigenvalue weighted by molar-refractivity contribution is 5.92. The summed E-state index contributed by atoms with van der Waals surface area (Å²) in [5.74, 6) is 1.29. The molecule has 2 rings (SSSR count). The largest absolute Gasteiger partial charge is 0.372 e. The average molecular weight is 234 g/mol. The molecular formula is C12H18N4O. The van der Waals surface area contributed by atoms with Crippen molar-refractivity contribution in [2.24, 2.45) is 5.92 Å². The SMILES string of the molecule is CCN(CC1CC1)C(=O)c1cncc(NC)n1. The number of hydrogen-bond donors (Lipinski definition) is 1. The molecule has 1 aliphatic carbocycles. The molecule has 0 aliphatic heterocycles. The molecule has 1 N–H and O–H groups in total. The van der Waals surface area contributed by atoms with Crippen molar-refractivity contribution in [2.45, 2.75) is 19.8 Å². The van der Waals surface area contributed by atoms with Gasteiger partial charge in [0.15, 0.2) is 0 Å². The van der Waals surface area contributed by atoms with Gasteiger partial charge in [0.05, 0.1) is 12.4 Å². The lowest BCUT2D eigenvalue weighted by Gasteiger charge is -2.20. The quantitative estimate of drug-likeness (QED) is 0.836. The molecule has 1 amide bonds. The van der Waals surface area contributed by atoms with Crippen LogP contribution in [0.25, 0.3) is 0 Å². The number of amides is 1. The van der Waals surface area contributed by atoms with E-state index in [9.17, 15) is 4.79 Å². The van der Waals surface area contributed by atoms with Crippen molar-refractivity contribution >= 4 is 11.7 Å². The smallest absolute Gasteiger partial charge is 0.274 e. The summed E-state index contributed by atoms with van der Waals surface area (Å²) < 4.78 is 0. The van der Waals surface area contributed by atoms with E-state index in [0.29, 0.717) is 17.4 Å². The minimum absolute atomic E-state index is 0.0241. The molecular weight excluding hydrogens is 216 g/mol. The van der Waals surface area contributed by atoms with Crippen molar-refractivity contribution in [1.29, 1.82) is 0 Å². The summed E-state index contributed by atoms with van der Waals surface area (Å²) in [7, 11) is 1.76. The predicted octanol–water partition coefficient (Wildman–Crippen LogP) is 1.39. The second-order valence-electron chi connectivity index (χ2n) is 4.33. The minimum Gasteiger partial charge on any atom is -0.372 e. The molecule has 0 aromatic carbocycles. The fourth-order valence-corrected chi connectivity index (χ4v) is 1.72. The van der Waals surface area contributed by atoms with Crippen LogP contribution in [0.15, 0.2) is 12.4 Å². The number of aromatic nitrogens is 2. The molecule has 0 atom stereocenters. The normalized spacial score (nSPS) is 14.5. The molecule has 1 aliphatic rings. The molecule has 0 unspecified atom stereocenters. The lowest BCUT2D eigenvalue weighted by Crippen LogP contribution is -2.33. The lowest BCUT2D eigenvalue weighted by atomic mass is 10.3. The highest BCUT2D eigenvalue weighted by atomic mass is 16.2. The number of carbonyl (C=O) groups is 1. The maximum Gasteiger partial charge on any atom is 0.274 e. The standard InChI is InChI=1S/C12H18N4O/c1-3-16(8-9-4-5-9)12(17)10-6-14-7-11(13-2)15-10/h6-7,9H,3-5,8H2,1-2H3,(H,13,15). The lowest BCUT2D eigenvalue weighted by molar-refractivity contribution is 0.0750. The van der Waals surface area contributed by atoms with Gasteiger partial charge in [-0.25, -0.2) is 4.98 Å². The zero-order valence-electron chi connectivity index (χ0n) is 10.3. The second kappa shape index (κ2) is 5.12. The third kappa shape index (κ3) is 2.93. The Morgan fingerprint density at radius 3 is 2.88 bits per heavy atom. The van der Waals surface area contributed by atoms with Crippen molar-refractivity contribution in [3.05, 3.63) is 18.1 Å². The third-order valence-electron chi connectivity index (χ3n) is 2.95. The van der Waals surface area contributed by atoms with E-state index >= 15 is 0 Å². The van der Waals surface area contributed by atoms with E-state index in [1.54, 1.807) is 13.2 Å². The molecule has 92 valence electrons. The Morgan fingerprint density at radius 2 is 2.29 bits per heavy atom. The number of carbonyl (C=O) groups excluding carboxylic acids is 1. The average Bonchev–Trinajstić information content (AvgIpc) is 3.19. The van der Waals surface area contributed by atoms with Gasteiger partial charge in [0, 0.05) is 20.1 Å². The first kappa shape index (κ1) is 11.8. The molecule has 1 aromatic rings. The number of rotatable bonds is 5. The van der Waals surface area contributed by atoms with E-state index in [1.165, 1.54) is 19.0 Å². The molecule has 1 heterocycles. The summed E-state index contributed by atoms with van der Waals surface area (Å²) in [6.45, 7) is 3.57. The van der Waals surface area contributed by atoms with Gasteiger partial charge in [-0.05, 0) is 25.7 Å². The van der Waals surface area contributed by atoms with Gasteiger partial charge in [0.1, 0.15) is 11.5 Å². The molecule has 0 bridgehead atoms. The first-order valence-corrected chi connectivity index (χ1v) is 6.03. The van der Waals surface area contributed by atoms with E-state index < -0.39 is 0 Å². The Hall–Kier alpha value is -1.65. The predicted molar refractivity (Wildman–Crippen MR) is 65.9 cm³/mol. The zero-order chi connectivity index (χ0) is 12.3. The van der Waals surface area contributed by atoms with E-state index in [4.69, 9.17) is 0 Å². The van der Waals surface area contributed by atoms with Gasteiger partial charge < -0.3 is 10.2 Å². The van der Waals surface area contributed by atoms with Crippen LogP contribution in [0.4, 0.5) is 5.82 Å². The van der Waals surface area contributed by atoms with Gasteiger partial charge in [-0.2, -0.15) is 0 Å². The van der Waals surface area contributed by atoms with E-state index in [1.807, 2.05) is 11.8 Å². The monoisotopic (exact) mass is 234 g/mol.